The Morgan fingerprint density at radius 3 is 2.81 bits per heavy atom. The predicted molar refractivity (Wildman–Crippen MR) is 97.8 cm³/mol. The highest BCUT2D eigenvalue weighted by atomic mass is 19.1. The fourth-order valence-corrected chi connectivity index (χ4v) is 3.63. The predicted octanol–water partition coefficient (Wildman–Crippen LogP) is 4.04. The van der Waals surface area contributed by atoms with Crippen molar-refractivity contribution in [2.24, 2.45) is 0 Å². The van der Waals surface area contributed by atoms with Crippen molar-refractivity contribution >= 4 is 0 Å². The minimum Gasteiger partial charge on any atom is -0.343 e. The average molecular weight is 351 g/mol. The van der Waals surface area contributed by atoms with E-state index in [0.29, 0.717) is 0 Å². The quantitative estimate of drug-likeness (QED) is 0.771. The fraction of sp³-hybridized carbons (Fsp3) is 0.350. The van der Waals surface area contributed by atoms with Crippen molar-refractivity contribution in [3.8, 4) is 11.5 Å². The van der Waals surface area contributed by atoms with Crippen LogP contribution in [0.5, 0.6) is 0 Å². The number of aryl methyl sites for hydroxylation is 1. The van der Waals surface area contributed by atoms with Crippen LogP contribution in [0, 0.1) is 12.7 Å². The summed E-state index contributed by atoms with van der Waals surface area (Å²) in [4.78, 5) is 19.1. The zero-order valence-corrected chi connectivity index (χ0v) is 14.8. The molecule has 0 amide bonds. The molecule has 3 heterocycles. The number of likely N-dealkylation sites (tertiary alicyclic amines) is 1. The summed E-state index contributed by atoms with van der Waals surface area (Å²) in [6.07, 6.45) is 6.95. The van der Waals surface area contributed by atoms with Gasteiger partial charge < -0.3 is 4.98 Å². The van der Waals surface area contributed by atoms with Crippen LogP contribution in [-0.4, -0.2) is 31.4 Å². The number of benzene rings is 1. The summed E-state index contributed by atoms with van der Waals surface area (Å²) < 4.78 is 13.2. The molecule has 0 aliphatic carbocycles. The lowest BCUT2D eigenvalue weighted by molar-refractivity contribution is 0.137. The van der Waals surface area contributed by atoms with E-state index in [-0.39, 0.29) is 11.9 Å². The van der Waals surface area contributed by atoms with Crippen LogP contribution < -0.4 is 0 Å². The van der Waals surface area contributed by atoms with Crippen molar-refractivity contribution in [1.29, 1.82) is 0 Å². The van der Waals surface area contributed by atoms with E-state index in [1.165, 1.54) is 25.0 Å². The van der Waals surface area contributed by atoms with Gasteiger partial charge in [-0.1, -0.05) is 18.6 Å². The van der Waals surface area contributed by atoms with Gasteiger partial charge in [0.2, 0.25) is 0 Å². The maximum Gasteiger partial charge on any atom is 0.156 e. The van der Waals surface area contributed by atoms with Gasteiger partial charge in [-0.15, -0.1) is 0 Å². The second kappa shape index (κ2) is 7.33. The molecule has 1 unspecified atom stereocenters. The summed E-state index contributed by atoms with van der Waals surface area (Å²) in [5.41, 5.74) is 2.98. The normalized spacial score (nSPS) is 18.2. The molecular formula is C20H22FN5. The first-order chi connectivity index (χ1) is 12.7. The van der Waals surface area contributed by atoms with Gasteiger partial charge >= 0.3 is 0 Å². The van der Waals surface area contributed by atoms with Gasteiger partial charge in [-0.05, 0) is 50.1 Å². The molecule has 134 valence electrons. The Labute approximate surface area is 152 Å². The molecule has 1 saturated heterocycles. The second-order valence-electron chi connectivity index (χ2n) is 6.77. The number of hydrogen-bond acceptors (Lipinski definition) is 4. The Kier molecular flexibility index (Phi) is 4.75. The van der Waals surface area contributed by atoms with Crippen LogP contribution in [0.3, 0.4) is 0 Å². The summed E-state index contributed by atoms with van der Waals surface area (Å²) in [5, 5.41) is 0. The maximum absolute atomic E-state index is 13.2. The summed E-state index contributed by atoms with van der Waals surface area (Å²) in [6.45, 7) is 3.73. The summed E-state index contributed by atoms with van der Waals surface area (Å²) in [7, 11) is 0. The molecule has 6 heteroatoms. The third-order valence-corrected chi connectivity index (χ3v) is 4.85. The molecule has 1 fully saturated rings. The largest absolute Gasteiger partial charge is 0.343 e. The molecule has 0 radical (unpaired) electrons. The Morgan fingerprint density at radius 1 is 1.19 bits per heavy atom. The Hall–Kier alpha value is -2.60. The van der Waals surface area contributed by atoms with E-state index in [1.54, 1.807) is 12.4 Å². The van der Waals surface area contributed by atoms with Crippen LogP contribution in [0.25, 0.3) is 11.5 Å². The highest BCUT2D eigenvalue weighted by Crippen LogP contribution is 2.32. The number of H-pyrrole nitrogens is 1. The molecule has 3 aromatic rings. The lowest BCUT2D eigenvalue weighted by Gasteiger charge is -2.35. The SMILES string of the molecule is Cc1nc(-c2ncc[nH]2)cc(C2CCCCN2Cc2ccc(F)cc2)n1. The van der Waals surface area contributed by atoms with E-state index < -0.39 is 0 Å². The highest BCUT2D eigenvalue weighted by molar-refractivity contribution is 5.49. The first kappa shape index (κ1) is 16.8. The van der Waals surface area contributed by atoms with Crippen LogP contribution in [0.2, 0.25) is 0 Å². The standard InChI is InChI=1S/C20H22FN5/c1-14-24-17(12-18(25-14)20-22-9-10-23-20)19-4-2-3-11-26(19)13-15-5-7-16(21)8-6-15/h5-10,12,19H,2-4,11,13H2,1H3,(H,22,23). The molecule has 0 bridgehead atoms. The Balaban J connectivity index is 1.62. The fourth-order valence-electron chi connectivity index (χ4n) is 3.63. The highest BCUT2D eigenvalue weighted by Gasteiger charge is 2.26. The maximum atomic E-state index is 13.2. The van der Waals surface area contributed by atoms with E-state index in [4.69, 9.17) is 4.98 Å². The Morgan fingerprint density at radius 2 is 2.04 bits per heavy atom. The molecule has 1 aromatic carbocycles. The lowest BCUT2D eigenvalue weighted by atomic mass is 9.97. The minimum absolute atomic E-state index is 0.196. The van der Waals surface area contributed by atoms with E-state index in [2.05, 4.69) is 19.9 Å². The van der Waals surface area contributed by atoms with Crippen molar-refractivity contribution in [2.75, 3.05) is 6.54 Å². The van der Waals surface area contributed by atoms with Gasteiger partial charge in [0, 0.05) is 18.9 Å². The monoisotopic (exact) mass is 351 g/mol. The number of hydrogen-bond donors (Lipinski definition) is 1. The average Bonchev–Trinajstić information content (AvgIpc) is 3.18. The molecule has 1 aliphatic heterocycles. The van der Waals surface area contributed by atoms with E-state index in [0.717, 1.165) is 48.1 Å². The van der Waals surface area contributed by atoms with Gasteiger partial charge in [0.1, 0.15) is 17.3 Å². The molecule has 1 atom stereocenters. The molecule has 4 rings (SSSR count). The number of nitrogens with zero attached hydrogens (tertiary/aromatic N) is 4. The minimum atomic E-state index is -0.196. The van der Waals surface area contributed by atoms with E-state index in [9.17, 15) is 4.39 Å². The van der Waals surface area contributed by atoms with Crippen molar-refractivity contribution < 1.29 is 4.39 Å². The van der Waals surface area contributed by atoms with Gasteiger partial charge in [0.15, 0.2) is 5.82 Å². The third-order valence-electron chi connectivity index (χ3n) is 4.85. The number of aromatic nitrogens is 4. The Bertz CT molecular complexity index is 860. The number of halogens is 1. The number of piperidine rings is 1. The van der Waals surface area contributed by atoms with Crippen LogP contribution in [0.4, 0.5) is 4.39 Å². The summed E-state index contributed by atoms with van der Waals surface area (Å²) >= 11 is 0. The molecule has 1 aliphatic rings. The van der Waals surface area contributed by atoms with Crippen molar-refractivity contribution in [1.82, 2.24) is 24.8 Å². The van der Waals surface area contributed by atoms with Gasteiger partial charge in [-0.3, -0.25) is 4.90 Å². The topological polar surface area (TPSA) is 57.7 Å². The number of imidazole rings is 1. The summed E-state index contributed by atoms with van der Waals surface area (Å²) in [6, 6.07) is 9.06. The lowest BCUT2D eigenvalue weighted by Crippen LogP contribution is -2.33. The van der Waals surface area contributed by atoms with Gasteiger partial charge in [-0.25, -0.2) is 19.3 Å². The van der Waals surface area contributed by atoms with Crippen molar-refractivity contribution in [3.05, 3.63) is 65.6 Å². The molecule has 0 spiro atoms. The molecule has 1 N–H and O–H groups in total. The number of rotatable bonds is 4. The first-order valence-electron chi connectivity index (χ1n) is 9.03. The van der Waals surface area contributed by atoms with Crippen molar-refractivity contribution in [3.63, 3.8) is 0 Å². The number of aromatic amines is 1. The first-order valence-corrected chi connectivity index (χ1v) is 9.03. The van der Waals surface area contributed by atoms with Crippen LogP contribution >= 0.6 is 0 Å². The molecule has 0 saturated carbocycles. The molecule has 26 heavy (non-hydrogen) atoms. The number of nitrogens with one attached hydrogen (secondary N) is 1. The molecule has 2 aromatic heterocycles. The molecule has 5 nitrogen and oxygen atoms in total. The van der Waals surface area contributed by atoms with Crippen LogP contribution in [0.15, 0.2) is 42.7 Å². The second-order valence-corrected chi connectivity index (χ2v) is 6.77. The van der Waals surface area contributed by atoms with Crippen LogP contribution in [0.1, 0.15) is 42.4 Å². The van der Waals surface area contributed by atoms with Gasteiger partial charge in [0.05, 0.1) is 11.7 Å². The van der Waals surface area contributed by atoms with Gasteiger partial charge in [0.25, 0.3) is 0 Å². The van der Waals surface area contributed by atoms with Gasteiger partial charge in [-0.2, -0.15) is 0 Å². The van der Waals surface area contributed by atoms with E-state index in [1.807, 2.05) is 25.1 Å². The smallest absolute Gasteiger partial charge is 0.156 e. The summed E-state index contributed by atoms with van der Waals surface area (Å²) in [5.74, 6) is 1.32. The third kappa shape index (κ3) is 3.65. The zero-order valence-electron chi connectivity index (χ0n) is 14.8. The van der Waals surface area contributed by atoms with Crippen LogP contribution in [-0.2, 0) is 6.54 Å². The molecular weight excluding hydrogens is 329 g/mol. The van der Waals surface area contributed by atoms with Crippen molar-refractivity contribution in [2.45, 2.75) is 38.8 Å². The van der Waals surface area contributed by atoms with E-state index >= 15 is 0 Å². The zero-order chi connectivity index (χ0) is 17.9.